The summed E-state index contributed by atoms with van der Waals surface area (Å²) in [4.78, 5) is 20.6. The second-order valence-electron chi connectivity index (χ2n) is 7.23. The lowest BCUT2D eigenvalue weighted by molar-refractivity contribution is 0.122. The van der Waals surface area contributed by atoms with Crippen LogP contribution in [0.15, 0.2) is 60.1 Å². The molecule has 3 aromatic heterocycles. The molecule has 5 rings (SSSR count). The van der Waals surface area contributed by atoms with Crippen molar-refractivity contribution in [1.29, 1.82) is 0 Å². The Balaban J connectivity index is 1.54. The molecule has 0 amide bonds. The van der Waals surface area contributed by atoms with Gasteiger partial charge in [0.1, 0.15) is 12.1 Å². The number of morpholine rings is 1. The lowest BCUT2D eigenvalue weighted by Crippen LogP contribution is -2.37. The lowest BCUT2D eigenvalue weighted by Gasteiger charge is -2.27. The van der Waals surface area contributed by atoms with E-state index in [9.17, 15) is 0 Å². The average molecular weight is 414 g/mol. The highest BCUT2D eigenvalue weighted by Crippen LogP contribution is 2.25. The fourth-order valence-corrected chi connectivity index (χ4v) is 3.45. The quantitative estimate of drug-likeness (QED) is 0.396. The average Bonchev–Trinajstić information content (AvgIpc) is 3.24. The predicted octanol–water partition coefficient (Wildman–Crippen LogP) is 2.80. The van der Waals surface area contributed by atoms with Crippen LogP contribution in [0.25, 0.3) is 17.0 Å². The van der Waals surface area contributed by atoms with Crippen molar-refractivity contribution in [1.82, 2.24) is 24.5 Å². The lowest BCUT2D eigenvalue weighted by atomic mass is 10.2. The zero-order chi connectivity index (χ0) is 21.0. The molecule has 9 heteroatoms. The number of rotatable bonds is 5. The van der Waals surface area contributed by atoms with Crippen LogP contribution in [0.2, 0.25) is 0 Å². The normalized spacial score (nSPS) is 14.4. The minimum Gasteiger partial charge on any atom is -0.378 e. The van der Waals surface area contributed by atoms with Crippen LogP contribution < -0.4 is 10.3 Å². The van der Waals surface area contributed by atoms with Crippen molar-refractivity contribution in [2.75, 3.05) is 36.6 Å². The molecule has 4 heterocycles. The first-order valence-corrected chi connectivity index (χ1v) is 10.1. The number of hydrogen-bond acceptors (Lipinski definition) is 8. The third-order valence-electron chi connectivity index (χ3n) is 5.00. The van der Waals surface area contributed by atoms with E-state index < -0.39 is 0 Å². The summed E-state index contributed by atoms with van der Waals surface area (Å²) in [6, 6.07) is 13.9. The molecule has 1 saturated heterocycles. The Kier molecular flexibility index (Phi) is 5.24. The van der Waals surface area contributed by atoms with E-state index in [1.165, 1.54) is 5.56 Å². The maximum atomic E-state index is 5.48. The zero-order valence-corrected chi connectivity index (χ0v) is 17.1. The van der Waals surface area contributed by atoms with Crippen LogP contribution in [0.1, 0.15) is 11.1 Å². The Labute approximate surface area is 179 Å². The number of imidazole rings is 1. The van der Waals surface area contributed by atoms with E-state index in [0.717, 1.165) is 24.5 Å². The van der Waals surface area contributed by atoms with Crippen LogP contribution >= 0.6 is 0 Å². The molecule has 0 spiro atoms. The molecule has 0 unspecified atom stereocenters. The highest BCUT2D eigenvalue weighted by Gasteiger charge is 2.19. The van der Waals surface area contributed by atoms with Crippen LogP contribution in [-0.2, 0) is 4.74 Å². The topological polar surface area (TPSA) is 93.4 Å². The number of aryl methyl sites for hydroxylation is 1. The predicted molar refractivity (Wildman–Crippen MR) is 120 cm³/mol. The first-order valence-electron chi connectivity index (χ1n) is 10.1. The van der Waals surface area contributed by atoms with E-state index >= 15 is 0 Å². The summed E-state index contributed by atoms with van der Waals surface area (Å²) in [5, 5.41) is 4.40. The monoisotopic (exact) mass is 414 g/mol. The number of nitrogens with one attached hydrogen (secondary N) is 1. The second kappa shape index (κ2) is 8.49. The number of nitrogens with zero attached hydrogens (tertiary/aromatic N) is 7. The van der Waals surface area contributed by atoms with E-state index in [-0.39, 0.29) is 0 Å². The molecule has 156 valence electrons. The molecule has 0 saturated carbocycles. The summed E-state index contributed by atoms with van der Waals surface area (Å²) < 4.78 is 7.33. The third-order valence-corrected chi connectivity index (χ3v) is 5.00. The molecule has 0 radical (unpaired) electrons. The summed E-state index contributed by atoms with van der Waals surface area (Å²) in [6.07, 6.45) is 5.22. The summed E-state index contributed by atoms with van der Waals surface area (Å²) in [5.74, 6) is 1.90. The maximum Gasteiger partial charge on any atom is 0.229 e. The molecule has 1 aliphatic rings. The van der Waals surface area contributed by atoms with Gasteiger partial charge in [-0.1, -0.05) is 35.9 Å². The number of benzene rings is 1. The van der Waals surface area contributed by atoms with Gasteiger partial charge < -0.3 is 9.64 Å². The summed E-state index contributed by atoms with van der Waals surface area (Å²) in [5.41, 5.74) is 6.55. The number of ether oxygens (including phenoxy) is 1. The molecule has 0 atom stereocenters. The highest BCUT2D eigenvalue weighted by atomic mass is 16.5. The number of aromatic nitrogens is 5. The smallest absolute Gasteiger partial charge is 0.229 e. The maximum absolute atomic E-state index is 5.48. The molecule has 4 aromatic rings. The number of hydrogen-bond donors (Lipinski definition) is 1. The fraction of sp³-hybridized carbons (Fsp3) is 0.227. The van der Waals surface area contributed by atoms with E-state index in [2.05, 4.69) is 44.5 Å². The number of pyridine rings is 1. The van der Waals surface area contributed by atoms with Crippen molar-refractivity contribution >= 4 is 29.1 Å². The largest absolute Gasteiger partial charge is 0.378 e. The van der Waals surface area contributed by atoms with Gasteiger partial charge in [0, 0.05) is 19.3 Å². The molecule has 1 aliphatic heterocycles. The Morgan fingerprint density at radius 2 is 1.97 bits per heavy atom. The van der Waals surface area contributed by atoms with Crippen molar-refractivity contribution in [3.63, 3.8) is 0 Å². The Morgan fingerprint density at radius 3 is 2.77 bits per heavy atom. The number of anilines is 2. The van der Waals surface area contributed by atoms with Gasteiger partial charge in [-0.25, -0.2) is 9.97 Å². The highest BCUT2D eigenvalue weighted by molar-refractivity contribution is 5.86. The van der Waals surface area contributed by atoms with Gasteiger partial charge in [0.15, 0.2) is 17.0 Å². The molecule has 0 aliphatic carbocycles. The third kappa shape index (κ3) is 4.08. The van der Waals surface area contributed by atoms with E-state index in [1.54, 1.807) is 18.7 Å². The van der Waals surface area contributed by atoms with Crippen LogP contribution in [0.5, 0.6) is 0 Å². The van der Waals surface area contributed by atoms with Crippen molar-refractivity contribution in [2.45, 2.75) is 6.92 Å². The zero-order valence-electron chi connectivity index (χ0n) is 17.1. The number of fused-ring (bicyclic) bond motifs is 1. The van der Waals surface area contributed by atoms with Gasteiger partial charge in [-0.2, -0.15) is 15.1 Å². The van der Waals surface area contributed by atoms with Crippen LogP contribution in [-0.4, -0.2) is 57.0 Å². The van der Waals surface area contributed by atoms with Gasteiger partial charge in [0.05, 0.1) is 19.4 Å². The van der Waals surface area contributed by atoms with Crippen molar-refractivity contribution < 1.29 is 4.74 Å². The van der Waals surface area contributed by atoms with Crippen molar-refractivity contribution in [3.8, 4) is 5.82 Å². The van der Waals surface area contributed by atoms with Gasteiger partial charge in [-0.15, -0.1) is 0 Å². The molecule has 1 fully saturated rings. The molecule has 1 aromatic carbocycles. The van der Waals surface area contributed by atoms with Gasteiger partial charge in [-0.3, -0.25) is 9.99 Å². The molecule has 1 N–H and O–H groups in total. The van der Waals surface area contributed by atoms with E-state index in [1.807, 2.05) is 34.9 Å². The summed E-state index contributed by atoms with van der Waals surface area (Å²) in [6.45, 7) is 4.81. The van der Waals surface area contributed by atoms with E-state index in [4.69, 9.17) is 14.7 Å². The first kappa shape index (κ1) is 19.1. The fourth-order valence-electron chi connectivity index (χ4n) is 3.45. The molecular weight excluding hydrogens is 392 g/mol. The SMILES string of the molecule is Cc1cccc(C=NNc2nc(N3CCOCC3)nc3c2ncn3-c2ccccn2)c1. The van der Waals surface area contributed by atoms with Gasteiger partial charge in [-0.05, 0) is 24.6 Å². The molecular formula is C22H22N8O. The Hall–Kier alpha value is -3.85. The summed E-state index contributed by atoms with van der Waals surface area (Å²) in [7, 11) is 0. The van der Waals surface area contributed by atoms with Gasteiger partial charge in [0.25, 0.3) is 0 Å². The molecule has 9 nitrogen and oxygen atoms in total. The van der Waals surface area contributed by atoms with E-state index in [0.29, 0.717) is 36.1 Å². The molecule has 0 bridgehead atoms. The van der Waals surface area contributed by atoms with Gasteiger partial charge in [0.2, 0.25) is 5.95 Å². The van der Waals surface area contributed by atoms with Gasteiger partial charge >= 0.3 is 0 Å². The minimum atomic E-state index is 0.546. The number of hydrazone groups is 1. The summed E-state index contributed by atoms with van der Waals surface area (Å²) >= 11 is 0. The second-order valence-corrected chi connectivity index (χ2v) is 7.23. The first-order chi connectivity index (χ1) is 15.3. The minimum absolute atomic E-state index is 0.546. The van der Waals surface area contributed by atoms with Crippen molar-refractivity contribution in [2.24, 2.45) is 5.10 Å². The standard InChI is InChI=1S/C22H22N8O/c1-16-5-4-6-17(13-16)14-25-28-20-19-21(27-22(26-20)29-9-11-31-12-10-29)30(15-24-19)18-7-2-3-8-23-18/h2-8,13-15H,9-12H2,1H3,(H,26,27,28). The van der Waals surface area contributed by atoms with Crippen LogP contribution in [0, 0.1) is 6.92 Å². The Morgan fingerprint density at radius 1 is 1.06 bits per heavy atom. The van der Waals surface area contributed by atoms with Crippen LogP contribution in [0.4, 0.5) is 11.8 Å². The van der Waals surface area contributed by atoms with Crippen LogP contribution in [0.3, 0.4) is 0 Å². The van der Waals surface area contributed by atoms with Crippen molar-refractivity contribution in [3.05, 3.63) is 66.1 Å². The molecule has 31 heavy (non-hydrogen) atoms. The Bertz CT molecular complexity index is 1210.